The molecule has 3 aromatic carbocycles. The number of benzene rings is 3. The largest absolute Gasteiger partial charge is 0.486 e. The van der Waals surface area contributed by atoms with E-state index in [2.05, 4.69) is 4.90 Å². The number of carbonyl (C=O) groups is 1. The number of carboxylic acid groups (broad SMARTS) is 1. The van der Waals surface area contributed by atoms with Gasteiger partial charge in [-0.25, -0.2) is 18.6 Å². The fourth-order valence-electron chi connectivity index (χ4n) is 5.07. The van der Waals surface area contributed by atoms with Crippen LogP contribution in [0.25, 0.3) is 16.6 Å². The molecule has 3 heterocycles. The standard InChI is InChI=1S/C30H26ClF2N3O4/c31-21-5-7-27(24(32)13-21)40-17-20-2-1-3-23(29(20)33)19-8-10-35(14-19)16-28-34-25-6-4-18(30(37)38)12-26(25)36(28)15-22-9-11-39-22/h1-8,12-13,22H,9-11,14-17H2,(H,37,38)/t22-/m0/s1. The van der Waals surface area contributed by atoms with Gasteiger partial charge >= 0.3 is 5.97 Å². The highest BCUT2D eigenvalue weighted by molar-refractivity contribution is 6.30. The molecule has 2 aliphatic rings. The van der Waals surface area contributed by atoms with Crippen LogP contribution < -0.4 is 4.74 Å². The van der Waals surface area contributed by atoms with Crippen molar-refractivity contribution < 1.29 is 28.2 Å². The van der Waals surface area contributed by atoms with E-state index in [1.54, 1.807) is 36.4 Å². The van der Waals surface area contributed by atoms with Gasteiger partial charge in [-0.2, -0.15) is 0 Å². The Labute approximate surface area is 234 Å². The molecule has 0 radical (unpaired) electrons. The van der Waals surface area contributed by atoms with Gasteiger partial charge in [0.15, 0.2) is 11.6 Å². The van der Waals surface area contributed by atoms with Crippen LogP contribution in [0.5, 0.6) is 5.75 Å². The van der Waals surface area contributed by atoms with E-state index in [1.165, 1.54) is 12.1 Å². The lowest BCUT2D eigenvalue weighted by atomic mass is 10.0. The molecule has 0 spiro atoms. The van der Waals surface area contributed by atoms with Crippen LogP contribution in [0.3, 0.4) is 0 Å². The molecule has 0 saturated carbocycles. The van der Waals surface area contributed by atoms with Gasteiger partial charge in [0.25, 0.3) is 0 Å². The second kappa shape index (κ2) is 11.0. The van der Waals surface area contributed by atoms with E-state index in [-0.39, 0.29) is 29.0 Å². The summed E-state index contributed by atoms with van der Waals surface area (Å²) in [5.74, 6) is -1.19. The minimum Gasteiger partial charge on any atom is -0.486 e. The summed E-state index contributed by atoms with van der Waals surface area (Å²) in [6.45, 7) is 2.81. The number of hydrogen-bond donors (Lipinski definition) is 1. The van der Waals surface area contributed by atoms with Crippen molar-refractivity contribution in [3.05, 3.63) is 99.8 Å². The lowest BCUT2D eigenvalue weighted by Crippen LogP contribution is -2.32. The molecule has 1 aromatic heterocycles. The number of hydrogen-bond acceptors (Lipinski definition) is 5. The van der Waals surface area contributed by atoms with Crippen molar-refractivity contribution in [1.82, 2.24) is 14.5 Å². The molecule has 40 heavy (non-hydrogen) atoms. The van der Waals surface area contributed by atoms with Crippen LogP contribution in [0.4, 0.5) is 8.78 Å². The molecule has 0 amide bonds. The minimum atomic E-state index is -0.988. The summed E-state index contributed by atoms with van der Waals surface area (Å²) in [6.07, 6.45) is 3.00. The number of aromatic nitrogens is 2. The van der Waals surface area contributed by atoms with E-state index in [9.17, 15) is 14.3 Å². The molecule has 0 unspecified atom stereocenters. The number of carboxylic acids is 1. The maximum Gasteiger partial charge on any atom is 0.335 e. The van der Waals surface area contributed by atoms with Crippen molar-refractivity contribution in [2.45, 2.75) is 32.2 Å². The molecule has 1 N–H and O–H groups in total. The first-order chi connectivity index (χ1) is 19.4. The van der Waals surface area contributed by atoms with Crippen LogP contribution in [0.1, 0.15) is 33.7 Å². The van der Waals surface area contributed by atoms with Crippen LogP contribution in [-0.2, 0) is 24.4 Å². The van der Waals surface area contributed by atoms with Crippen LogP contribution in [-0.4, -0.2) is 51.3 Å². The first-order valence-electron chi connectivity index (χ1n) is 13.0. The van der Waals surface area contributed by atoms with Crippen LogP contribution in [0, 0.1) is 11.6 Å². The Bertz CT molecular complexity index is 1630. The van der Waals surface area contributed by atoms with Crippen LogP contribution in [0.2, 0.25) is 5.02 Å². The molecule has 2 aliphatic heterocycles. The maximum atomic E-state index is 15.5. The normalized spacial score (nSPS) is 17.2. The van der Waals surface area contributed by atoms with Gasteiger partial charge in [-0.05, 0) is 48.4 Å². The summed E-state index contributed by atoms with van der Waals surface area (Å²) in [7, 11) is 0. The van der Waals surface area contributed by atoms with Gasteiger partial charge in [-0.15, -0.1) is 0 Å². The third kappa shape index (κ3) is 5.32. The molecule has 7 nitrogen and oxygen atoms in total. The topological polar surface area (TPSA) is 76.8 Å². The van der Waals surface area contributed by atoms with Gasteiger partial charge < -0.3 is 19.1 Å². The highest BCUT2D eigenvalue weighted by atomic mass is 35.5. The molecular formula is C30H26ClF2N3O4. The average molecular weight is 566 g/mol. The van der Waals surface area contributed by atoms with E-state index in [1.807, 2.05) is 10.6 Å². The zero-order valence-corrected chi connectivity index (χ0v) is 22.2. The third-order valence-electron chi connectivity index (χ3n) is 7.31. The quantitative estimate of drug-likeness (QED) is 0.271. The number of ether oxygens (including phenoxy) is 2. The van der Waals surface area contributed by atoms with Gasteiger partial charge in [0.2, 0.25) is 0 Å². The Hall–Kier alpha value is -3.79. The van der Waals surface area contributed by atoms with Crippen molar-refractivity contribution in [3.8, 4) is 5.75 Å². The molecule has 206 valence electrons. The summed E-state index contributed by atoms with van der Waals surface area (Å²) in [5.41, 5.74) is 3.33. The minimum absolute atomic E-state index is 0.00567. The monoisotopic (exact) mass is 565 g/mol. The first-order valence-corrected chi connectivity index (χ1v) is 13.3. The van der Waals surface area contributed by atoms with Crippen molar-refractivity contribution in [3.63, 3.8) is 0 Å². The zero-order chi connectivity index (χ0) is 27.8. The second-order valence-corrected chi connectivity index (χ2v) is 10.4. The summed E-state index contributed by atoms with van der Waals surface area (Å²) in [6, 6.07) is 14.1. The highest BCUT2D eigenvalue weighted by Gasteiger charge is 2.25. The fourth-order valence-corrected chi connectivity index (χ4v) is 5.23. The van der Waals surface area contributed by atoms with Gasteiger partial charge in [0.1, 0.15) is 18.2 Å². The van der Waals surface area contributed by atoms with Gasteiger partial charge in [0, 0.05) is 35.8 Å². The molecule has 4 aromatic rings. The van der Waals surface area contributed by atoms with Crippen molar-refractivity contribution in [2.24, 2.45) is 0 Å². The third-order valence-corrected chi connectivity index (χ3v) is 7.55. The summed E-state index contributed by atoms with van der Waals surface area (Å²) >= 11 is 5.80. The first kappa shape index (κ1) is 26.4. The summed E-state index contributed by atoms with van der Waals surface area (Å²) in [4.78, 5) is 18.5. The number of halogens is 3. The molecule has 1 fully saturated rings. The Morgan fingerprint density at radius 1 is 1.18 bits per heavy atom. The Balaban J connectivity index is 1.18. The Kier molecular flexibility index (Phi) is 7.27. The molecule has 1 saturated heterocycles. The molecule has 10 heteroatoms. The number of rotatable bonds is 9. The van der Waals surface area contributed by atoms with E-state index in [0.29, 0.717) is 37.3 Å². The predicted octanol–water partition coefficient (Wildman–Crippen LogP) is 5.93. The van der Waals surface area contributed by atoms with E-state index in [4.69, 9.17) is 26.1 Å². The van der Waals surface area contributed by atoms with Gasteiger partial charge in [-0.1, -0.05) is 35.9 Å². The number of fused-ring (bicyclic) bond motifs is 1. The van der Waals surface area contributed by atoms with Crippen molar-refractivity contribution >= 4 is 34.2 Å². The molecule has 0 bridgehead atoms. The van der Waals surface area contributed by atoms with Gasteiger partial charge in [0.05, 0.1) is 35.8 Å². The van der Waals surface area contributed by atoms with E-state index < -0.39 is 17.6 Å². The number of imidazole rings is 1. The number of nitrogens with zero attached hydrogens (tertiary/aromatic N) is 3. The molecule has 6 rings (SSSR count). The zero-order valence-electron chi connectivity index (χ0n) is 21.4. The van der Waals surface area contributed by atoms with Crippen molar-refractivity contribution in [1.29, 1.82) is 0 Å². The number of aromatic carboxylic acids is 1. The highest BCUT2D eigenvalue weighted by Crippen LogP contribution is 2.29. The van der Waals surface area contributed by atoms with Gasteiger partial charge in [-0.3, -0.25) is 4.90 Å². The fraction of sp³-hybridized carbons (Fsp3) is 0.267. The Morgan fingerprint density at radius 2 is 2.02 bits per heavy atom. The molecule has 1 atom stereocenters. The average Bonchev–Trinajstić information content (AvgIpc) is 3.50. The SMILES string of the molecule is O=C(O)c1ccc2nc(CN3CC=C(c4cccc(COc5ccc(Cl)cc5F)c4F)C3)n(C[C@@H]3CCO3)c2c1. The van der Waals surface area contributed by atoms with E-state index in [0.717, 1.165) is 41.5 Å². The van der Waals surface area contributed by atoms with E-state index >= 15 is 4.39 Å². The molecule has 0 aliphatic carbocycles. The smallest absolute Gasteiger partial charge is 0.335 e. The Morgan fingerprint density at radius 3 is 2.77 bits per heavy atom. The van der Waals surface area contributed by atoms with Crippen LogP contribution in [0.15, 0.2) is 60.7 Å². The predicted molar refractivity (Wildman–Crippen MR) is 146 cm³/mol. The maximum absolute atomic E-state index is 15.5. The summed E-state index contributed by atoms with van der Waals surface area (Å²) in [5, 5.41) is 9.73. The summed E-state index contributed by atoms with van der Waals surface area (Å²) < 4.78 is 42.8. The van der Waals surface area contributed by atoms with Crippen LogP contribution >= 0.6 is 11.6 Å². The lowest BCUT2D eigenvalue weighted by Gasteiger charge is -2.28. The lowest BCUT2D eigenvalue weighted by molar-refractivity contribution is -0.0591. The van der Waals surface area contributed by atoms with Crippen molar-refractivity contribution in [2.75, 3.05) is 19.7 Å². The second-order valence-electron chi connectivity index (χ2n) is 9.97. The molecular weight excluding hydrogens is 540 g/mol.